The van der Waals surface area contributed by atoms with Crippen molar-refractivity contribution in [3.63, 3.8) is 0 Å². The molecule has 1 unspecified atom stereocenters. The highest BCUT2D eigenvalue weighted by atomic mass is 16.7. The molecule has 9 heavy (non-hydrogen) atoms. The van der Waals surface area contributed by atoms with E-state index in [9.17, 15) is 0 Å². The van der Waals surface area contributed by atoms with Gasteiger partial charge >= 0.3 is 0 Å². The van der Waals surface area contributed by atoms with E-state index in [1.165, 1.54) is 7.11 Å². The van der Waals surface area contributed by atoms with Crippen molar-refractivity contribution in [2.75, 3.05) is 7.11 Å². The van der Waals surface area contributed by atoms with Gasteiger partial charge in [-0.2, -0.15) is 0 Å². The van der Waals surface area contributed by atoms with Gasteiger partial charge in [0.2, 0.25) is 0 Å². The summed E-state index contributed by atoms with van der Waals surface area (Å²) in [4.78, 5) is 0. The minimum absolute atomic E-state index is 0.345. The molecule has 0 aromatic carbocycles. The second-order valence-corrected chi connectivity index (χ2v) is 1.99. The molecular weight excluding hydrogens is 124 g/mol. The number of hydrogen-bond acceptors (Lipinski definition) is 4. The van der Waals surface area contributed by atoms with Crippen LogP contribution in [0.1, 0.15) is 6.42 Å². The molecule has 54 valence electrons. The molecule has 1 saturated heterocycles. The molecule has 1 aliphatic heterocycles. The Hall–Kier alpha value is -0.160. The Kier molecular flexibility index (Phi) is 2.02. The van der Waals surface area contributed by atoms with E-state index in [0.717, 1.165) is 0 Å². The fourth-order valence-corrected chi connectivity index (χ4v) is 0.767. The van der Waals surface area contributed by atoms with Crippen molar-refractivity contribution in [2.45, 2.75) is 25.1 Å². The molecule has 4 heteroatoms. The molecule has 0 spiro atoms. The van der Waals surface area contributed by atoms with Crippen LogP contribution in [-0.4, -0.2) is 36.0 Å². The molecule has 1 rings (SSSR count). The Morgan fingerprint density at radius 3 is 2.44 bits per heavy atom. The van der Waals surface area contributed by atoms with E-state index in [1.807, 2.05) is 0 Å². The van der Waals surface area contributed by atoms with Crippen LogP contribution in [0.2, 0.25) is 0 Å². The first-order valence-electron chi connectivity index (χ1n) is 2.78. The van der Waals surface area contributed by atoms with Crippen molar-refractivity contribution >= 4 is 0 Å². The summed E-state index contributed by atoms with van der Waals surface area (Å²) >= 11 is 0. The van der Waals surface area contributed by atoms with Crippen LogP contribution >= 0.6 is 0 Å². The fourth-order valence-electron chi connectivity index (χ4n) is 0.767. The van der Waals surface area contributed by atoms with Gasteiger partial charge in [-0.25, -0.2) is 0 Å². The summed E-state index contributed by atoms with van der Waals surface area (Å²) < 4.78 is 9.42. The maximum atomic E-state index is 8.84. The third kappa shape index (κ3) is 1.40. The van der Waals surface area contributed by atoms with Gasteiger partial charge in [0.05, 0.1) is 0 Å². The first-order chi connectivity index (χ1) is 4.24. The largest absolute Gasteiger partial charge is 0.388 e. The van der Waals surface area contributed by atoms with Crippen LogP contribution in [0, 0.1) is 0 Å². The van der Waals surface area contributed by atoms with Gasteiger partial charge < -0.3 is 19.7 Å². The zero-order valence-electron chi connectivity index (χ0n) is 5.15. The van der Waals surface area contributed by atoms with Crippen LogP contribution < -0.4 is 0 Å². The molecule has 0 saturated carbocycles. The first-order valence-corrected chi connectivity index (χ1v) is 2.78. The number of aliphatic hydroxyl groups excluding tert-OH is 2. The number of methoxy groups -OCH3 is 1. The predicted octanol–water partition coefficient (Wildman–Crippen LogP) is -0.942. The van der Waals surface area contributed by atoms with E-state index in [1.54, 1.807) is 0 Å². The lowest BCUT2D eigenvalue weighted by atomic mass is 10.3. The first kappa shape index (κ1) is 6.95. The number of aliphatic hydroxyl groups is 2. The van der Waals surface area contributed by atoms with Gasteiger partial charge in [0.25, 0.3) is 0 Å². The van der Waals surface area contributed by atoms with Crippen LogP contribution in [0.25, 0.3) is 0 Å². The van der Waals surface area contributed by atoms with E-state index in [2.05, 4.69) is 0 Å². The van der Waals surface area contributed by atoms with Crippen molar-refractivity contribution in [2.24, 2.45) is 0 Å². The third-order valence-electron chi connectivity index (χ3n) is 1.32. The lowest BCUT2D eigenvalue weighted by Gasteiger charge is -2.05. The standard InChI is InChI=1S/C5H10O4/c1-8-4-2-3(6)5(7)9-4/h3-7H,2H2,1H3/t3?,4-,5+/m0/s1. The summed E-state index contributed by atoms with van der Waals surface area (Å²) in [5.41, 5.74) is 0. The zero-order valence-corrected chi connectivity index (χ0v) is 5.15. The Balaban J connectivity index is 2.35. The van der Waals surface area contributed by atoms with Crippen LogP contribution in [0.5, 0.6) is 0 Å². The summed E-state index contributed by atoms with van der Waals surface area (Å²) in [7, 11) is 1.47. The number of ether oxygens (including phenoxy) is 2. The van der Waals surface area contributed by atoms with Crippen LogP contribution in [0.4, 0.5) is 0 Å². The molecule has 0 aromatic rings. The molecule has 2 N–H and O–H groups in total. The summed E-state index contributed by atoms with van der Waals surface area (Å²) in [6, 6.07) is 0. The van der Waals surface area contributed by atoms with Crippen LogP contribution in [-0.2, 0) is 9.47 Å². The molecule has 1 fully saturated rings. The average Bonchev–Trinajstić information content (AvgIpc) is 2.13. The molecule has 1 aliphatic rings. The molecular formula is C5H10O4. The molecule has 3 atom stereocenters. The molecule has 0 amide bonds. The third-order valence-corrected chi connectivity index (χ3v) is 1.32. The summed E-state index contributed by atoms with van der Waals surface area (Å²) in [6.07, 6.45) is -1.97. The number of rotatable bonds is 1. The SMILES string of the molecule is CO[C@@H]1CC(O)[C@H](O)O1. The number of hydrogen-bond donors (Lipinski definition) is 2. The van der Waals surface area contributed by atoms with Gasteiger partial charge in [0, 0.05) is 13.5 Å². The van der Waals surface area contributed by atoms with Crippen molar-refractivity contribution in [1.82, 2.24) is 0 Å². The topological polar surface area (TPSA) is 58.9 Å². The van der Waals surface area contributed by atoms with Gasteiger partial charge in [0.1, 0.15) is 6.10 Å². The van der Waals surface area contributed by atoms with E-state index in [4.69, 9.17) is 19.7 Å². The van der Waals surface area contributed by atoms with E-state index in [-0.39, 0.29) is 0 Å². The normalized spacial score (nSPS) is 43.7. The summed E-state index contributed by atoms with van der Waals surface area (Å²) in [6.45, 7) is 0. The van der Waals surface area contributed by atoms with E-state index < -0.39 is 18.7 Å². The Bertz CT molecular complexity index is 85.0. The molecule has 0 radical (unpaired) electrons. The summed E-state index contributed by atoms with van der Waals surface area (Å²) in [5.74, 6) is 0. The molecule has 0 aromatic heterocycles. The van der Waals surface area contributed by atoms with Gasteiger partial charge in [-0.05, 0) is 0 Å². The fraction of sp³-hybridized carbons (Fsp3) is 1.00. The Labute approximate surface area is 53.0 Å². The van der Waals surface area contributed by atoms with Crippen molar-refractivity contribution < 1.29 is 19.7 Å². The minimum atomic E-state index is -1.07. The second-order valence-electron chi connectivity index (χ2n) is 1.99. The van der Waals surface area contributed by atoms with Crippen LogP contribution in [0.15, 0.2) is 0 Å². The van der Waals surface area contributed by atoms with Crippen molar-refractivity contribution in [1.29, 1.82) is 0 Å². The Morgan fingerprint density at radius 1 is 1.56 bits per heavy atom. The van der Waals surface area contributed by atoms with E-state index in [0.29, 0.717) is 6.42 Å². The van der Waals surface area contributed by atoms with E-state index >= 15 is 0 Å². The lowest BCUT2D eigenvalue weighted by Crippen LogP contribution is -2.19. The van der Waals surface area contributed by atoms with Crippen molar-refractivity contribution in [3.8, 4) is 0 Å². The molecule has 1 heterocycles. The maximum absolute atomic E-state index is 8.84. The van der Waals surface area contributed by atoms with Gasteiger partial charge in [0.15, 0.2) is 12.6 Å². The quantitative estimate of drug-likeness (QED) is 0.486. The highest BCUT2D eigenvalue weighted by Crippen LogP contribution is 2.18. The zero-order chi connectivity index (χ0) is 6.85. The monoisotopic (exact) mass is 134 g/mol. The van der Waals surface area contributed by atoms with Crippen molar-refractivity contribution in [3.05, 3.63) is 0 Å². The maximum Gasteiger partial charge on any atom is 0.184 e. The highest BCUT2D eigenvalue weighted by Gasteiger charge is 2.31. The smallest absolute Gasteiger partial charge is 0.184 e. The van der Waals surface area contributed by atoms with Crippen LogP contribution in [0.3, 0.4) is 0 Å². The highest BCUT2D eigenvalue weighted by molar-refractivity contribution is 4.68. The molecule has 4 nitrogen and oxygen atoms in total. The predicted molar refractivity (Wildman–Crippen MR) is 28.5 cm³/mol. The average molecular weight is 134 g/mol. The minimum Gasteiger partial charge on any atom is -0.388 e. The lowest BCUT2D eigenvalue weighted by molar-refractivity contribution is -0.186. The molecule has 0 aliphatic carbocycles. The summed E-state index contributed by atoms with van der Waals surface area (Å²) in [5, 5.41) is 17.6. The molecule has 0 bridgehead atoms. The van der Waals surface area contributed by atoms with Gasteiger partial charge in [-0.1, -0.05) is 0 Å². The second kappa shape index (κ2) is 2.62. The van der Waals surface area contributed by atoms with Gasteiger partial charge in [-0.3, -0.25) is 0 Å². The van der Waals surface area contributed by atoms with Gasteiger partial charge in [-0.15, -0.1) is 0 Å². The Morgan fingerprint density at radius 2 is 2.22 bits per heavy atom.